The smallest absolute Gasteiger partial charge is 0.423 e. The van der Waals surface area contributed by atoms with Crippen molar-refractivity contribution in [2.75, 3.05) is 6.61 Å². The van der Waals surface area contributed by atoms with E-state index < -0.39 is 11.7 Å². The average Bonchev–Trinajstić information content (AvgIpc) is 3.07. The van der Waals surface area contributed by atoms with E-state index >= 15 is 0 Å². The fourth-order valence-corrected chi connectivity index (χ4v) is 3.57. The molecule has 0 fully saturated rings. The van der Waals surface area contributed by atoms with Crippen LogP contribution in [0, 0.1) is 0 Å². The van der Waals surface area contributed by atoms with Gasteiger partial charge in [-0.3, -0.25) is 0 Å². The number of alkyl halides is 3. The van der Waals surface area contributed by atoms with Crippen LogP contribution in [0.5, 0.6) is 5.88 Å². The number of rotatable bonds is 12. The highest BCUT2D eigenvalue weighted by Gasteiger charge is 2.38. The first-order valence-electron chi connectivity index (χ1n) is 10.1. The molecule has 1 aromatic carbocycles. The zero-order valence-corrected chi connectivity index (χ0v) is 18.1. The van der Waals surface area contributed by atoms with Crippen molar-refractivity contribution in [1.29, 1.82) is 0 Å². The van der Waals surface area contributed by atoms with E-state index in [2.05, 4.69) is 12.0 Å². The number of hydrogen-bond acceptors (Lipinski definition) is 2. The normalized spacial score (nSPS) is 11.8. The summed E-state index contributed by atoms with van der Waals surface area (Å²) >= 11 is 12.0. The highest BCUT2D eigenvalue weighted by Crippen LogP contribution is 2.38. The Balaban J connectivity index is 1.94. The molecule has 0 atom stereocenters. The fraction of sp³-hybridized carbons (Fsp3) is 0.571. The number of ether oxygens (including phenoxy) is 1. The van der Waals surface area contributed by atoms with Gasteiger partial charge in [0.2, 0.25) is 5.88 Å². The molecule has 0 aliphatic carbocycles. The summed E-state index contributed by atoms with van der Waals surface area (Å²) in [5, 5.41) is 4.44. The van der Waals surface area contributed by atoms with E-state index in [1.54, 1.807) is 6.07 Å². The number of nitrogens with zero attached hydrogens (tertiary/aromatic N) is 2. The lowest BCUT2D eigenvalue weighted by Crippen LogP contribution is -2.11. The minimum atomic E-state index is -4.56. The number of aromatic nitrogens is 2. The maximum Gasteiger partial charge on any atom is 0.423 e. The van der Waals surface area contributed by atoms with Gasteiger partial charge in [0.05, 0.1) is 23.5 Å². The second-order valence-electron chi connectivity index (χ2n) is 7.05. The molecule has 0 saturated heterocycles. The zero-order valence-electron chi connectivity index (χ0n) is 16.6. The van der Waals surface area contributed by atoms with Crippen molar-refractivity contribution in [3.8, 4) is 11.6 Å². The minimum absolute atomic E-state index is 0.190. The summed E-state index contributed by atoms with van der Waals surface area (Å²) in [5.74, 6) is -0.346. The number of benzene rings is 1. The molecular formula is C21H27Cl2F3N2O. The number of hydrogen-bond donors (Lipinski definition) is 0. The standard InChI is InChI=1S/C21H27Cl2F3N2O/c1-2-3-4-5-6-7-8-9-10-13-29-20-17(21(24,25)26)15-27-28(20)19-12-11-16(22)14-18(19)23/h11-12,14-15H,2-10,13H2,1H3. The van der Waals surface area contributed by atoms with Crippen molar-refractivity contribution in [1.82, 2.24) is 9.78 Å². The fourth-order valence-electron chi connectivity index (χ4n) is 3.08. The molecule has 0 spiro atoms. The van der Waals surface area contributed by atoms with Crippen molar-refractivity contribution in [2.24, 2.45) is 0 Å². The highest BCUT2D eigenvalue weighted by atomic mass is 35.5. The Morgan fingerprint density at radius 1 is 0.966 bits per heavy atom. The first-order valence-corrected chi connectivity index (χ1v) is 10.8. The molecule has 1 heterocycles. The summed E-state index contributed by atoms with van der Waals surface area (Å²) in [5.41, 5.74) is -0.631. The zero-order chi connectivity index (χ0) is 21.3. The lowest BCUT2D eigenvalue weighted by molar-refractivity contribution is -0.139. The van der Waals surface area contributed by atoms with E-state index in [4.69, 9.17) is 27.9 Å². The van der Waals surface area contributed by atoms with Crippen LogP contribution in [-0.4, -0.2) is 16.4 Å². The molecule has 0 unspecified atom stereocenters. The molecule has 1 aromatic heterocycles. The van der Waals surface area contributed by atoms with Gasteiger partial charge in [-0.25, -0.2) is 0 Å². The Bertz CT molecular complexity index is 763. The predicted molar refractivity (Wildman–Crippen MR) is 111 cm³/mol. The van der Waals surface area contributed by atoms with E-state index in [-0.39, 0.29) is 23.2 Å². The van der Waals surface area contributed by atoms with Crippen molar-refractivity contribution in [3.05, 3.63) is 40.0 Å². The maximum absolute atomic E-state index is 13.4. The Labute approximate surface area is 180 Å². The van der Waals surface area contributed by atoms with Crippen LogP contribution in [0.4, 0.5) is 13.2 Å². The van der Waals surface area contributed by atoms with Gasteiger partial charge in [0.25, 0.3) is 0 Å². The van der Waals surface area contributed by atoms with Gasteiger partial charge in [-0.05, 0) is 24.6 Å². The van der Waals surface area contributed by atoms with Crippen molar-refractivity contribution >= 4 is 23.2 Å². The van der Waals surface area contributed by atoms with Crippen LogP contribution >= 0.6 is 23.2 Å². The molecular weight excluding hydrogens is 424 g/mol. The van der Waals surface area contributed by atoms with Crippen molar-refractivity contribution in [3.63, 3.8) is 0 Å². The second-order valence-corrected chi connectivity index (χ2v) is 7.89. The molecule has 3 nitrogen and oxygen atoms in total. The largest absolute Gasteiger partial charge is 0.477 e. The molecule has 8 heteroatoms. The molecule has 0 radical (unpaired) electrons. The third kappa shape index (κ3) is 7.41. The third-order valence-electron chi connectivity index (χ3n) is 4.66. The van der Waals surface area contributed by atoms with E-state index in [0.29, 0.717) is 11.4 Å². The molecule has 0 aliphatic rings. The van der Waals surface area contributed by atoms with Gasteiger partial charge in [0.1, 0.15) is 5.56 Å². The van der Waals surface area contributed by atoms with Crippen LogP contribution in [0.3, 0.4) is 0 Å². The minimum Gasteiger partial charge on any atom is -0.477 e. The van der Waals surface area contributed by atoms with E-state index in [9.17, 15) is 13.2 Å². The molecule has 0 saturated carbocycles. The van der Waals surface area contributed by atoms with Crippen LogP contribution < -0.4 is 4.74 Å². The predicted octanol–water partition coefficient (Wildman–Crippen LogP) is 8.11. The monoisotopic (exact) mass is 450 g/mol. The first-order chi connectivity index (χ1) is 13.8. The third-order valence-corrected chi connectivity index (χ3v) is 5.19. The summed E-state index contributed by atoms with van der Waals surface area (Å²) in [4.78, 5) is 0. The van der Waals surface area contributed by atoms with Crippen molar-refractivity contribution < 1.29 is 17.9 Å². The van der Waals surface area contributed by atoms with Crippen LogP contribution in [0.1, 0.15) is 70.3 Å². The summed E-state index contributed by atoms with van der Waals surface area (Å²) in [7, 11) is 0. The SMILES string of the molecule is CCCCCCCCCCCOc1c(C(F)(F)F)cnn1-c1ccc(Cl)cc1Cl. The topological polar surface area (TPSA) is 27.1 Å². The lowest BCUT2D eigenvalue weighted by atomic mass is 10.1. The number of unbranched alkanes of at least 4 members (excludes halogenated alkanes) is 8. The summed E-state index contributed by atoms with van der Waals surface area (Å²) in [6.45, 7) is 2.38. The summed E-state index contributed by atoms with van der Waals surface area (Å²) in [6, 6.07) is 4.52. The van der Waals surface area contributed by atoms with Gasteiger partial charge >= 0.3 is 6.18 Å². The van der Waals surface area contributed by atoms with E-state index in [0.717, 1.165) is 30.1 Å². The molecule has 0 N–H and O–H groups in total. The molecule has 0 bridgehead atoms. The van der Waals surface area contributed by atoms with Crippen LogP contribution in [0.15, 0.2) is 24.4 Å². The van der Waals surface area contributed by atoms with E-state index in [1.165, 1.54) is 44.2 Å². The first kappa shape index (κ1) is 23.9. The van der Waals surface area contributed by atoms with Crippen LogP contribution in [0.2, 0.25) is 10.0 Å². The molecule has 0 amide bonds. The quantitative estimate of drug-likeness (QED) is 0.305. The molecule has 162 valence electrons. The van der Waals surface area contributed by atoms with Gasteiger partial charge in [-0.2, -0.15) is 23.0 Å². The molecule has 2 aromatic rings. The van der Waals surface area contributed by atoms with Crippen LogP contribution in [-0.2, 0) is 6.18 Å². The van der Waals surface area contributed by atoms with Gasteiger partial charge in [0.15, 0.2) is 0 Å². The Morgan fingerprint density at radius 2 is 1.59 bits per heavy atom. The Morgan fingerprint density at radius 3 is 2.17 bits per heavy atom. The Kier molecular flexibility index (Phi) is 9.63. The Hall–Kier alpha value is -1.40. The van der Waals surface area contributed by atoms with Gasteiger partial charge in [0, 0.05) is 5.02 Å². The molecule has 0 aliphatic heterocycles. The van der Waals surface area contributed by atoms with E-state index in [1.807, 2.05) is 0 Å². The van der Waals surface area contributed by atoms with Crippen LogP contribution in [0.25, 0.3) is 5.69 Å². The number of halogens is 5. The highest BCUT2D eigenvalue weighted by molar-refractivity contribution is 6.35. The summed E-state index contributed by atoms with van der Waals surface area (Å²) in [6.07, 6.45) is 6.26. The lowest BCUT2D eigenvalue weighted by Gasteiger charge is -2.14. The van der Waals surface area contributed by atoms with Crippen molar-refractivity contribution in [2.45, 2.75) is 70.9 Å². The average molecular weight is 451 g/mol. The molecule has 2 rings (SSSR count). The maximum atomic E-state index is 13.4. The van der Waals surface area contributed by atoms with Gasteiger partial charge < -0.3 is 4.74 Å². The summed E-state index contributed by atoms with van der Waals surface area (Å²) < 4.78 is 46.7. The second kappa shape index (κ2) is 11.7. The molecule has 29 heavy (non-hydrogen) atoms. The van der Waals surface area contributed by atoms with Gasteiger partial charge in [-0.1, -0.05) is 81.5 Å². The van der Waals surface area contributed by atoms with Gasteiger partial charge in [-0.15, -0.1) is 0 Å².